The van der Waals surface area contributed by atoms with E-state index in [2.05, 4.69) is 9.82 Å². The van der Waals surface area contributed by atoms with Crippen LogP contribution in [0.5, 0.6) is 0 Å². The van der Waals surface area contributed by atoms with Gasteiger partial charge in [0.05, 0.1) is 11.4 Å². The van der Waals surface area contributed by atoms with Crippen LogP contribution in [0.4, 0.5) is 15.9 Å². The number of nitrogens with zero attached hydrogens (tertiary/aromatic N) is 2. The number of nitrogen functional groups attached to an aromatic ring is 1. The number of sulfonamides is 1. The summed E-state index contributed by atoms with van der Waals surface area (Å²) in [7, 11) is -2.40. The molecule has 0 amide bonds. The van der Waals surface area contributed by atoms with E-state index in [1.54, 1.807) is 14.0 Å². The van der Waals surface area contributed by atoms with Gasteiger partial charge in [-0.3, -0.25) is 9.40 Å². The van der Waals surface area contributed by atoms with E-state index in [9.17, 15) is 12.8 Å². The van der Waals surface area contributed by atoms with Gasteiger partial charge in [-0.25, -0.2) is 12.8 Å². The average Bonchev–Trinajstić information content (AvgIpc) is 2.56. The smallest absolute Gasteiger partial charge is 0.267 e. The predicted octanol–water partition coefficient (Wildman–Crippen LogP) is 1.25. The molecule has 19 heavy (non-hydrogen) atoms. The largest absolute Gasteiger partial charge is 0.381 e. The number of hydrogen-bond donors (Lipinski definition) is 2. The molecular formula is C11H13FN4O2S. The third kappa shape index (κ3) is 2.39. The lowest BCUT2D eigenvalue weighted by atomic mass is 10.3. The summed E-state index contributed by atoms with van der Waals surface area (Å²) in [4.78, 5) is -0.141. The molecule has 0 atom stereocenters. The Labute approximate surface area is 110 Å². The maximum absolute atomic E-state index is 13.5. The van der Waals surface area contributed by atoms with Crippen LogP contribution < -0.4 is 10.5 Å². The standard InChI is InChI=1S/C11H13FN4O2S/c1-7-10(11(13)14-16(7)2)19(17,18)15-9-6-4-3-5-8(9)12/h3-6,15H,1-2H3,(H2,13,14). The zero-order valence-electron chi connectivity index (χ0n) is 10.4. The van der Waals surface area contributed by atoms with E-state index in [0.717, 1.165) is 6.07 Å². The van der Waals surface area contributed by atoms with Crippen molar-refractivity contribution in [2.45, 2.75) is 11.8 Å². The molecule has 102 valence electrons. The molecule has 6 nitrogen and oxygen atoms in total. The Morgan fingerprint density at radius 1 is 1.37 bits per heavy atom. The molecule has 2 aromatic rings. The van der Waals surface area contributed by atoms with Crippen LogP contribution >= 0.6 is 0 Å². The van der Waals surface area contributed by atoms with Gasteiger partial charge in [-0.05, 0) is 19.1 Å². The summed E-state index contributed by atoms with van der Waals surface area (Å²) in [6, 6.07) is 5.49. The minimum atomic E-state index is -3.97. The van der Waals surface area contributed by atoms with Gasteiger partial charge in [0.1, 0.15) is 5.82 Å². The molecule has 0 unspecified atom stereocenters. The van der Waals surface area contributed by atoms with Crippen LogP contribution in [0.1, 0.15) is 5.69 Å². The maximum Gasteiger partial charge on any atom is 0.267 e. The lowest BCUT2D eigenvalue weighted by molar-refractivity contribution is 0.597. The number of rotatable bonds is 3. The van der Waals surface area contributed by atoms with E-state index < -0.39 is 15.8 Å². The normalized spacial score (nSPS) is 11.5. The van der Waals surface area contributed by atoms with Crippen molar-refractivity contribution in [2.75, 3.05) is 10.5 Å². The van der Waals surface area contributed by atoms with Crippen molar-refractivity contribution in [1.29, 1.82) is 0 Å². The van der Waals surface area contributed by atoms with Crippen molar-refractivity contribution in [2.24, 2.45) is 7.05 Å². The Balaban J connectivity index is 2.47. The van der Waals surface area contributed by atoms with Gasteiger partial charge in [-0.2, -0.15) is 5.10 Å². The highest BCUT2D eigenvalue weighted by Crippen LogP contribution is 2.24. The molecule has 0 spiro atoms. The first-order valence-corrected chi connectivity index (χ1v) is 6.87. The fourth-order valence-corrected chi connectivity index (χ4v) is 3.08. The summed E-state index contributed by atoms with van der Waals surface area (Å²) in [5.74, 6) is -0.782. The Morgan fingerprint density at radius 3 is 2.53 bits per heavy atom. The second-order valence-electron chi connectivity index (χ2n) is 4.01. The van der Waals surface area contributed by atoms with Crippen molar-refractivity contribution in [3.63, 3.8) is 0 Å². The molecule has 3 N–H and O–H groups in total. The first kappa shape index (κ1) is 13.3. The Morgan fingerprint density at radius 2 is 2.00 bits per heavy atom. The molecule has 1 heterocycles. The van der Waals surface area contributed by atoms with Gasteiger partial charge in [-0.1, -0.05) is 12.1 Å². The van der Waals surface area contributed by atoms with Crippen molar-refractivity contribution >= 4 is 21.5 Å². The zero-order chi connectivity index (χ0) is 14.2. The third-order valence-electron chi connectivity index (χ3n) is 2.69. The van der Waals surface area contributed by atoms with E-state index >= 15 is 0 Å². The van der Waals surface area contributed by atoms with Gasteiger partial charge >= 0.3 is 0 Å². The minimum absolute atomic E-state index is 0.121. The average molecular weight is 284 g/mol. The van der Waals surface area contributed by atoms with E-state index in [-0.39, 0.29) is 16.4 Å². The van der Waals surface area contributed by atoms with Crippen LogP contribution in [0, 0.1) is 12.7 Å². The topological polar surface area (TPSA) is 90.0 Å². The summed E-state index contributed by atoms with van der Waals surface area (Å²) in [6.45, 7) is 1.57. The summed E-state index contributed by atoms with van der Waals surface area (Å²) in [5.41, 5.74) is 5.82. The van der Waals surface area contributed by atoms with Gasteiger partial charge in [-0.15, -0.1) is 0 Å². The van der Waals surface area contributed by atoms with Crippen LogP contribution in [0.2, 0.25) is 0 Å². The van der Waals surface area contributed by atoms with E-state index in [1.807, 2.05) is 0 Å². The van der Waals surface area contributed by atoms with Gasteiger partial charge in [0.15, 0.2) is 10.7 Å². The Bertz CT molecular complexity index is 724. The molecule has 0 aliphatic carbocycles. The number of anilines is 2. The van der Waals surface area contributed by atoms with E-state index in [4.69, 9.17) is 5.73 Å². The highest BCUT2D eigenvalue weighted by atomic mass is 32.2. The van der Waals surface area contributed by atoms with Crippen LogP contribution in [0.3, 0.4) is 0 Å². The molecule has 0 aliphatic heterocycles. The van der Waals surface area contributed by atoms with Crippen LogP contribution in [0.15, 0.2) is 29.2 Å². The highest BCUT2D eigenvalue weighted by molar-refractivity contribution is 7.93. The first-order chi connectivity index (χ1) is 8.83. The summed E-state index contributed by atoms with van der Waals surface area (Å²) in [5, 5.41) is 3.82. The van der Waals surface area contributed by atoms with Gasteiger partial charge in [0.25, 0.3) is 10.0 Å². The zero-order valence-corrected chi connectivity index (χ0v) is 11.2. The minimum Gasteiger partial charge on any atom is -0.381 e. The fourth-order valence-electron chi connectivity index (χ4n) is 1.69. The molecule has 2 rings (SSSR count). The lowest BCUT2D eigenvalue weighted by Crippen LogP contribution is -2.16. The quantitative estimate of drug-likeness (QED) is 0.887. The van der Waals surface area contributed by atoms with Gasteiger partial charge in [0.2, 0.25) is 0 Å². The number of aromatic nitrogens is 2. The molecule has 0 fully saturated rings. The number of benzene rings is 1. The highest BCUT2D eigenvalue weighted by Gasteiger charge is 2.25. The Hall–Kier alpha value is -2.09. The van der Waals surface area contributed by atoms with Crippen LogP contribution in [-0.2, 0) is 17.1 Å². The monoisotopic (exact) mass is 284 g/mol. The van der Waals surface area contributed by atoms with Crippen molar-refractivity contribution in [3.8, 4) is 0 Å². The SMILES string of the molecule is Cc1c(S(=O)(=O)Nc2ccccc2F)c(N)nn1C. The molecule has 1 aromatic carbocycles. The second-order valence-corrected chi connectivity index (χ2v) is 5.63. The molecule has 0 saturated heterocycles. The third-order valence-corrected chi connectivity index (χ3v) is 4.22. The number of nitrogens with one attached hydrogen (secondary N) is 1. The van der Waals surface area contributed by atoms with Crippen LogP contribution in [-0.4, -0.2) is 18.2 Å². The van der Waals surface area contributed by atoms with Gasteiger partial charge in [0, 0.05) is 7.05 Å². The van der Waals surface area contributed by atoms with Crippen LogP contribution in [0.25, 0.3) is 0 Å². The molecule has 0 saturated carbocycles. The number of halogens is 1. The molecule has 0 radical (unpaired) electrons. The molecule has 1 aromatic heterocycles. The van der Waals surface area contributed by atoms with E-state index in [1.165, 1.54) is 22.9 Å². The molecule has 0 aliphatic rings. The van der Waals surface area contributed by atoms with E-state index in [0.29, 0.717) is 5.69 Å². The first-order valence-electron chi connectivity index (χ1n) is 5.39. The number of para-hydroxylation sites is 1. The number of nitrogens with two attached hydrogens (primary N) is 1. The predicted molar refractivity (Wildman–Crippen MR) is 69.6 cm³/mol. The maximum atomic E-state index is 13.5. The second kappa shape index (κ2) is 4.54. The Kier molecular flexibility index (Phi) is 3.19. The van der Waals surface area contributed by atoms with Crippen molar-refractivity contribution in [1.82, 2.24) is 9.78 Å². The molecule has 0 bridgehead atoms. The number of hydrogen-bond acceptors (Lipinski definition) is 4. The summed E-state index contributed by atoms with van der Waals surface area (Å²) >= 11 is 0. The number of aryl methyl sites for hydroxylation is 1. The van der Waals surface area contributed by atoms with Gasteiger partial charge < -0.3 is 5.73 Å². The molecular weight excluding hydrogens is 271 g/mol. The summed E-state index contributed by atoms with van der Waals surface area (Å²) in [6.07, 6.45) is 0. The van der Waals surface area contributed by atoms with Crippen molar-refractivity contribution in [3.05, 3.63) is 35.8 Å². The fraction of sp³-hybridized carbons (Fsp3) is 0.182. The molecule has 8 heteroatoms. The summed E-state index contributed by atoms with van der Waals surface area (Å²) < 4.78 is 41.4. The lowest BCUT2D eigenvalue weighted by Gasteiger charge is -2.08. The van der Waals surface area contributed by atoms with Crippen molar-refractivity contribution < 1.29 is 12.8 Å².